The van der Waals surface area contributed by atoms with E-state index in [1.54, 1.807) is 54.9 Å². The van der Waals surface area contributed by atoms with Gasteiger partial charge in [0.25, 0.3) is 0 Å². The molecule has 0 saturated carbocycles. The van der Waals surface area contributed by atoms with E-state index in [2.05, 4.69) is 15.3 Å². The molecule has 2 aromatic heterocycles. The molecule has 0 radical (unpaired) electrons. The standard InChI is InChI=1S/C22H23N5O3/c1-26(2)14-6-8-16-11-13-24-22(20(16)27(29)30)25-19-10-4-3-9-18(19)21(28)17-7-5-12-23-15-17/h3-5,7,9-13,15H,6,8,14H2,1-2H3,(H,24,25). The fourth-order valence-electron chi connectivity index (χ4n) is 3.15. The molecule has 0 spiro atoms. The molecule has 0 amide bonds. The van der Waals surface area contributed by atoms with Crippen LogP contribution < -0.4 is 5.32 Å². The minimum Gasteiger partial charge on any atom is -0.334 e. The number of nitrogens with zero attached hydrogens (tertiary/aromatic N) is 4. The molecule has 3 rings (SSSR count). The molecule has 3 aromatic rings. The Morgan fingerprint density at radius 3 is 2.63 bits per heavy atom. The number of hydrogen-bond donors (Lipinski definition) is 1. The van der Waals surface area contributed by atoms with Gasteiger partial charge >= 0.3 is 5.69 Å². The Balaban J connectivity index is 1.93. The molecule has 30 heavy (non-hydrogen) atoms. The van der Waals surface area contributed by atoms with E-state index >= 15 is 0 Å². The minimum atomic E-state index is -0.425. The number of aromatic nitrogens is 2. The second-order valence-electron chi connectivity index (χ2n) is 7.07. The monoisotopic (exact) mass is 405 g/mol. The summed E-state index contributed by atoms with van der Waals surface area (Å²) in [6.45, 7) is 0.824. The van der Waals surface area contributed by atoms with Gasteiger partial charge in [0.1, 0.15) is 0 Å². The van der Waals surface area contributed by atoms with Crippen LogP contribution in [0.2, 0.25) is 0 Å². The number of pyridine rings is 2. The highest BCUT2D eigenvalue weighted by molar-refractivity contribution is 6.12. The van der Waals surface area contributed by atoms with Crippen molar-refractivity contribution in [1.82, 2.24) is 14.9 Å². The first-order valence-electron chi connectivity index (χ1n) is 9.55. The van der Waals surface area contributed by atoms with Crippen molar-refractivity contribution in [2.24, 2.45) is 0 Å². The molecule has 8 nitrogen and oxygen atoms in total. The zero-order valence-corrected chi connectivity index (χ0v) is 16.9. The molecular weight excluding hydrogens is 382 g/mol. The number of hydrogen-bond acceptors (Lipinski definition) is 7. The van der Waals surface area contributed by atoms with Gasteiger partial charge in [-0.05, 0) is 63.8 Å². The molecule has 0 unspecified atom stereocenters. The summed E-state index contributed by atoms with van der Waals surface area (Å²) >= 11 is 0. The maximum Gasteiger partial charge on any atom is 0.314 e. The summed E-state index contributed by atoms with van der Waals surface area (Å²) in [5.41, 5.74) is 1.81. The van der Waals surface area contributed by atoms with Crippen LogP contribution in [0.25, 0.3) is 0 Å². The lowest BCUT2D eigenvalue weighted by molar-refractivity contribution is -0.384. The van der Waals surface area contributed by atoms with Gasteiger partial charge in [-0.3, -0.25) is 19.9 Å². The predicted octanol–water partition coefficient (Wildman–Crippen LogP) is 3.85. The van der Waals surface area contributed by atoms with E-state index in [4.69, 9.17) is 0 Å². The summed E-state index contributed by atoms with van der Waals surface area (Å²) in [6.07, 6.45) is 5.97. The van der Waals surface area contributed by atoms with Crippen molar-refractivity contribution in [3.8, 4) is 0 Å². The molecule has 8 heteroatoms. The first-order valence-corrected chi connectivity index (χ1v) is 9.55. The van der Waals surface area contributed by atoms with E-state index < -0.39 is 4.92 Å². The lowest BCUT2D eigenvalue weighted by atomic mass is 10.0. The normalized spacial score (nSPS) is 10.8. The number of ketones is 1. The van der Waals surface area contributed by atoms with Crippen molar-refractivity contribution in [2.75, 3.05) is 26.0 Å². The third-order valence-electron chi connectivity index (χ3n) is 4.59. The van der Waals surface area contributed by atoms with E-state index in [1.165, 1.54) is 6.20 Å². The van der Waals surface area contributed by atoms with Gasteiger partial charge in [0.05, 0.1) is 10.6 Å². The maximum atomic E-state index is 12.9. The van der Waals surface area contributed by atoms with Crippen LogP contribution in [0.5, 0.6) is 0 Å². The zero-order valence-electron chi connectivity index (χ0n) is 16.9. The molecule has 0 bridgehead atoms. The number of anilines is 2. The van der Waals surface area contributed by atoms with Gasteiger partial charge < -0.3 is 10.2 Å². The Labute approximate surface area is 174 Å². The topological polar surface area (TPSA) is 101 Å². The van der Waals surface area contributed by atoms with E-state index in [9.17, 15) is 14.9 Å². The summed E-state index contributed by atoms with van der Waals surface area (Å²) in [4.78, 5) is 34.5. The van der Waals surface area contributed by atoms with E-state index in [0.29, 0.717) is 28.8 Å². The molecule has 0 aliphatic carbocycles. The lowest BCUT2D eigenvalue weighted by Crippen LogP contribution is -2.14. The van der Waals surface area contributed by atoms with Crippen LogP contribution in [0.3, 0.4) is 0 Å². The van der Waals surface area contributed by atoms with Crippen LogP contribution in [0.15, 0.2) is 61.1 Å². The predicted molar refractivity (Wildman–Crippen MR) is 115 cm³/mol. The van der Waals surface area contributed by atoms with Crippen molar-refractivity contribution >= 4 is 23.0 Å². The fraction of sp³-hybridized carbons (Fsp3) is 0.227. The number of nitrogens with one attached hydrogen (secondary N) is 1. The number of rotatable bonds is 9. The largest absolute Gasteiger partial charge is 0.334 e. The minimum absolute atomic E-state index is 0.0696. The third kappa shape index (κ3) is 5.03. The van der Waals surface area contributed by atoms with Crippen LogP contribution in [0.4, 0.5) is 17.2 Å². The molecule has 0 saturated heterocycles. The van der Waals surface area contributed by atoms with Gasteiger partial charge in [0.15, 0.2) is 5.78 Å². The van der Waals surface area contributed by atoms with Crippen LogP contribution in [0, 0.1) is 10.1 Å². The second-order valence-corrected chi connectivity index (χ2v) is 7.07. The molecular formula is C22H23N5O3. The molecule has 1 N–H and O–H groups in total. The van der Waals surface area contributed by atoms with Crippen molar-refractivity contribution < 1.29 is 9.72 Å². The SMILES string of the molecule is CN(C)CCCc1ccnc(Nc2ccccc2C(=O)c2cccnc2)c1[N+](=O)[O-]. The summed E-state index contributed by atoms with van der Waals surface area (Å²) in [7, 11) is 3.92. The Hall–Kier alpha value is -3.65. The van der Waals surface area contributed by atoms with Crippen LogP contribution >= 0.6 is 0 Å². The Morgan fingerprint density at radius 2 is 1.93 bits per heavy atom. The zero-order chi connectivity index (χ0) is 21.5. The highest BCUT2D eigenvalue weighted by atomic mass is 16.6. The third-order valence-corrected chi connectivity index (χ3v) is 4.59. The smallest absolute Gasteiger partial charge is 0.314 e. The van der Waals surface area contributed by atoms with Crippen molar-refractivity contribution in [3.63, 3.8) is 0 Å². The summed E-state index contributed by atoms with van der Waals surface area (Å²) in [5, 5.41) is 14.8. The van der Waals surface area contributed by atoms with Gasteiger partial charge in [-0.15, -0.1) is 0 Å². The Bertz CT molecular complexity index is 1040. The fourth-order valence-corrected chi connectivity index (χ4v) is 3.15. The first-order chi connectivity index (χ1) is 14.5. The van der Waals surface area contributed by atoms with Crippen molar-refractivity contribution in [2.45, 2.75) is 12.8 Å². The quantitative estimate of drug-likeness (QED) is 0.328. The Kier molecular flexibility index (Phi) is 6.82. The first kappa shape index (κ1) is 21.1. The number of aryl methyl sites for hydroxylation is 1. The molecule has 0 atom stereocenters. The van der Waals surface area contributed by atoms with Gasteiger partial charge in [-0.1, -0.05) is 12.1 Å². The number of carbonyl (C=O) groups excluding carboxylic acids is 1. The second kappa shape index (κ2) is 9.71. The van der Waals surface area contributed by atoms with E-state index in [0.717, 1.165) is 13.0 Å². The number of benzene rings is 1. The molecule has 0 aliphatic rings. The summed E-state index contributed by atoms with van der Waals surface area (Å²) in [5.74, 6) is -0.107. The van der Waals surface area contributed by atoms with Crippen LogP contribution in [-0.2, 0) is 6.42 Å². The van der Waals surface area contributed by atoms with Gasteiger partial charge in [-0.2, -0.15) is 0 Å². The molecule has 1 aromatic carbocycles. The number of nitro groups is 1. The highest BCUT2D eigenvalue weighted by Crippen LogP contribution is 2.31. The van der Waals surface area contributed by atoms with Crippen LogP contribution in [0.1, 0.15) is 27.9 Å². The van der Waals surface area contributed by atoms with Gasteiger partial charge in [0.2, 0.25) is 5.82 Å². The molecule has 2 heterocycles. The van der Waals surface area contributed by atoms with Gasteiger partial charge in [0, 0.05) is 35.3 Å². The lowest BCUT2D eigenvalue weighted by Gasteiger charge is -2.13. The van der Waals surface area contributed by atoms with Crippen molar-refractivity contribution in [3.05, 3.63) is 87.9 Å². The van der Waals surface area contributed by atoms with E-state index in [1.807, 2.05) is 19.0 Å². The summed E-state index contributed by atoms with van der Waals surface area (Å²) in [6, 6.07) is 11.9. The maximum absolute atomic E-state index is 12.9. The Morgan fingerprint density at radius 1 is 1.13 bits per heavy atom. The average Bonchev–Trinajstić information content (AvgIpc) is 2.74. The average molecular weight is 405 g/mol. The van der Waals surface area contributed by atoms with Crippen molar-refractivity contribution in [1.29, 1.82) is 0 Å². The molecule has 0 fully saturated rings. The molecule has 154 valence electrons. The number of carbonyl (C=O) groups is 1. The molecule has 0 aliphatic heterocycles. The van der Waals surface area contributed by atoms with E-state index in [-0.39, 0.29) is 17.3 Å². The number of para-hydroxylation sites is 1. The highest BCUT2D eigenvalue weighted by Gasteiger charge is 2.23. The van der Waals surface area contributed by atoms with Gasteiger partial charge in [-0.25, -0.2) is 4.98 Å². The van der Waals surface area contributed by atoms with Crippen LogP contribution in [-0.4, -0.2) is 46.2 Å². The summed E-state index contributed by atoms with van der Waals surface area (Å²) < 4.78 is 0.